The molecule has 2 heterocycles. The van der Waals surface area contributed by atoms with E-state index in [0.717, 1.165) is 25.0 Å². The van der Waals surface area contributed by atoms with Crippen LogP contribution in [0.2, 0.25) is 0 Å². The highest BCUT2D eigenvalue weighted by Crippen LogP contribution is 2.27. The van der Waals surface area contributed by atoms with Gasteiger partial charge in [-0.05, 0) is 25.2 Å². The van der Waals surface area contributed by atoms with E-state index >= 15 is 0 Å². The molecule has 2 fully saturated rings. The number of piperidine rings is 1. The van der Waals surface area contributed by atoms with Crippen molar-refractivity contribution in [2.24, 2.45) is 5.92 Å². The zero-order valence-electron chi connectivity index (χ0n) is 11.4. The second kappa shape index (κ2) is 6.98. The molecule has 0 aromatic carbocycles. The fourth-order valence-electron chi connectivity index (χ4n) is 2.61. The quantitative estimate of drug-likeness (QED) is 0.742. The van der Waals surface area contributed by atoms with Crippen LogP contribution in [0.15, 0.2) is 0 Å². The molecule has 112 valence electrons. The maximum atomic E-state index is 12.6. The van der Waals surface area contributed by atoms with Crippen LogP contribution in [0.4, 0.5) is 0 Å². The Balaban J connectivity index is 1.98. The van der Waals surface area contributed by atoms with E-state index in [0.29, 0.717) is 43.2 Å². The topological polar surface area (TPSA) is 40.6 Å². The minimum atomic E-state index is -3.25. The van der Waals surface area contributed by atoms with E-state index in [1.807, 2.05) is 11.8 Å². The molecule has 1 unspecified atom stereocenters. The normalized spacial score (nSPS) is 28.6. The van der Waals surface area contributed by atoms with E-state index in [9.17, 15) is 8.42 Å². The van der Waals surface area contributed by atoms with Crippen LogP contribution in [0.1, 0.15) is 26.2 Å². The Morgan fingerprint density at radius 2 is 1.89 bits per heavy atom. The van der Waals surface area contributed by atoms with Crippen molar-refractivity contribution < 1.29 is 8.42 Å². The van der Waals surface area contributed by atoms with Gasteiger partial charge in [-0.1, -0.05) is 6.92 Å². The van der Waals surface area contributed by atoms with Gasteiger partial charge in [0, 0.05) is 43.1 Å². The maximum absolute atomic E-state index is 12.6. The van der Waals surface area contributed by atoms with Gasteiger partial charge in [-0.2, -0.15) is 28.8 Å². The van der Waals surface area contributed by atoms with Crippen molar-refractivity contribution in [3.8, 4) is 0 Å². The monoisotopic (exact) mass is 326 g/mol. The van der Waals surface area contributed by atoms with Gasteiger partial charge in [0.05, 0.1) is 0 Å². The molecule has 1 atom stereocenters. The van der Waals surface area contributed by atoms with Gasteiger partial charge in [-0.25, -0.2) is 0 Å². The second-order valence-electron chi connectivity index (χ2n) is 5.26. The highest BCUT2D eigenvalue weighted by atomic mass is 35.5. The fraction of sp³-hybridized carbons (Fsp3) is 1.00. The lowest BCUT2D eigenvalue weighted by atomic mass is 10.0. The number of thioether (sulfide) groups is 1. The van der Waals surface area contributed by atoms with Gasteiger partial charge in [0.25, 0.3) is 10.2 Å². The molecule has 0 aromatic heterocycles. The third-order valence-electron chi connectivity index (χ3n) is 4.00. The van der Waals surface area contributed by atoms with Gasteiger partial charge in [0.1, 0.15) is 0 Å². The Morgan fingerprint density at radius 1 is 1.21 bits per heavy atom. The summed E-state index contributed by atoms with van der Waals surface area (Å²) in [7, 11) is -3.25. The lowest BCUT2D eigenvalue weighted by Crippen LogP contribution is -2.51. The van der Waals surface area contributed by atoms with Gasteiger partial charge >= 0.3 is 0 Å². The van der Waals surface area contributed by atoms with Crippen molar-refractivity contribution in [1.29, 1.82) is 0 Å². The minimum Gasteiger partial charge on any atom is -0.195 e. The first-order chi connectivity index (χ1) is 9.07. The highest BCUT2D eigenvalue weighted by Gasteiger charge is 2.35. The van der Waals surface area contributed by atoms with Gasteiger partial charge in [-0.3, -0.25) is 0 Å². The average molecular weight is 327 g/mol. The van der Waals surface area contributed by atoms with Crippen LogP contribution in [0.3, 0.4) is 0 Å². The second-order valence-corrected chi connectivity index (χ2v) is 8.91. The number of alkyl halides is 1. The highest BCUT2D eigenvalue weighted by molar-refractivity contribution is 8.00. The minimum absolute atomic E-state index is 0.448. The molecule has 0 bridgehead atoms. The molecule has 0 radical (unpaired) electrons. The molecule has 4 nitrogen and oxygen atoms in total. The number of nitrogens with zero attached hydrogens (tertiary/aromatic N) is 2. The Labute approximate surface area is 126 Å². The van der Waals surface area contributed by atoms with E-state index in [2.05, 4.69) is 6.92 Å². The Hall–Kier alpha value is 0.510. The summed E-state index contributed by atoms with van der Waals surface area (Å²) in [5, 5.41) is 0.448. The molecule has 2 rings (SSSR count). The summed E-state index contributed by atoms with van der Waals surface area (Å²) >= 11 is 7.74. The summed E-state index contributed by atoms with van der Waals surface area (Å²) in [5.74, 6) is 2.04. The molecule has 0 spiro atoms. The molecule has 19 heavy (non-hydrogen) atoms. The summed E-state index contributed by atoms with van der Waals surface area (Å²) in [6, 6.07) is 0. The van der Waals surface area contributed by atoms with E-state index in [1.54, 1.807) is 8.61 Å². The van der Waals surface area contributed by atoms with E-state index in [-0.39, 0.29) is 0 Å². The Kier molecular flexibility index (Phi) is 5.84. The van der Waals surface area contributed by atoms with Gasteiger partial charge in [-0.15, -0.1) is 11.6 Å². The van der Waals surface area contributed by atoms with Gasteiger partial charge in [0.15, 0.2) is 0 Å². The number of halogens is 1. The van der Waals surface area contributed by atoms with Crippen LogP contribution in [-0.4, -0.2) is 60.1 Å². The van der Waals surface area contributed by atoms with E-state index in [4.69, 9.17) is 11.6 Å². The molecule has 0 aliphatic carbocycles. The molecular weight excluding hydrogens is 304 g/mol. The Bertz CT molecular complexity index is 383. The van der Waals surface area contributed by atoms with Crippen molar-refractivity contribution >= 4 is 33.6 Å². The molecule has 2 saturated heterocycles. The fourth-order valence-corrected chi connectivity index (χ4v) is 5.99. The number of hydrogen-bond acceptors (Lipinski definition) is 3. The lowest BCUT2D eigenvalue weighted by Gasteiger charge is -2.37. The maximum Gasteiger partial charge on any atom is 0.282 e. The molecule has 7 heteroatoms. The summed E-state index contributed by atoms with van der Waals surface area (Å²) in [6.45, 7) is 4.69. The lowest BCUT2D eigenvalue weighted by molar-refractivity contribution is 0.266. The van der Waals surface area contributed by atoms with Crippen molar-refractivity contribution in [2.45, 2.75) is 31.4 Å². The number of rotatable bonds is 4. The van der Waals surface area contributed by atoms with E-state index in [1.165, 1.54) is 0 Å². The predicted octanol–water partition coefficient (Wildman–Crippen LogP) is 2.01. The summed E-state index contributed by atoms with van der Waals surface area (Å²) in [6.07, 6.45) is 2.82. The first-order valence-electron chi connectivity index (χ1n) is 7.00. The van der Waals surface area contributed by atoms with Crippen LogP contribution in [0.25, 0.3) is 0 Å². The summed E-state index contributed by atoms with van der Waals surface area (Å²) in [4.78, 5) is 0. The van der Waals surface area contributed by atoms with Gasteiger partial charge in [0.2, 0.25) is 0 Å². The molecular formula is C12H23ClN2O2S2. The predicted molar refractivity (Wildman–Crippen MR) is 82.0 cm³/mol. The van der Waals surface area contributed by atoms with Gasteiger partial charge < -0.3 is 0 Å². The molecule has 2 aliphatic rings. The van der Waals surface area contributed by atoms with E-state index < -0.39 is 10.2 Å². The smallest absolute Gasteiger partial charge is 0.195 e. The van der Waals surface area contributed by atoms with Crippen molar-refractivity contribution in [3.05, 3.63) is 0 Å². The standard InChI is InChI=1S/C12H23ClN2O2S2/c1-2-12-10-15(7-8-18-12)19(16,17)14-5-3-11(9-13)4-6-14/h11-12H,2-10H2,1H3. The van der Waals surface area contributed by atoms with Crippen LogP contribution in [-0.2, 0) is 10.2 Å². The largest absolute Gasteiger partial charge is 0.282 e. The first-order valence-corrected chi connectivity index (χ1v) is 9.98. The third kappa shape index (κ3) is 3.79. The Morgan fingerprint density at radius 3 is 2.47 bits per heavy atom. The summed E-state index contributed by atoms with van der Waals surface area (Å²) < 4.78 is 28.5. The van der Waals surface area contributed by atoms with Crippen LogP contribution in [0, 0.1) is 5.92 Å². The average Bonchev–Trinajstić information content (AvgIpc) is 2.47. The molecule has 0 aromatic rings. The van der Waals surface area contributed by atoms with Crippen LogP contribution in [0.5, 0.6) is 0 Å². The zero-order chi connectivity index (χ0) is 13.9. The SMILES string of the molecule is CCC1CN(S(=O)(=O)N2CCC(CCl)CC2)CCS1. The van der Waals surface area contributed by atoms with Crippen molar-refractivity contribution in [1.82, 2.24) is 8.61 Å². The summed E-state index contributed by atoms with van der Waals surface area (Å²) in [5.41, 5.74) is 0. The van der Waals surface area contributed by atoms with Crippen molar-refractivity contribution in [2.75, 3.05) is 37.8 Å². The third-order valence-corrected chi connectivity index (χ3v) is 7.81. The zero-order valence-corrected chi connectivity index (χ0v) is 13.8. The molecule has 2 aliphatic heterocycles. The molecule has 0 N–H and O–H groups in total. The number of hydrogen-bond donors (Lipinski definition) is 0. The first kappa shape index (κ1) is 15.9. The van der Waals surface area contributed by atoms with Crippen LogP contribution < -0.4 is 0 Å². The molecule has 0 saturated carbocycles. The van der Waals surface area contributed by atoms with Crippen molar-refractivity contribution in [3.63, 3.8) is 0 Å². The van der Waals surface area contributed by atoms with Crippen LogP contribution >= 0.6 is 23.4 Å². The molecule has 0 amide bonds.